The third-order valence-electron chi connectivity index (χ3n) is 5.47. The number of benzene rings is 3. The van der Waals surface area contributed by atoms with Gasteiger partial charge in [0.05, 0.1) is 0 Å². The summed E-state index contributed by atoms with van der Waals surface area (Å²) in [7, 11) is 0. The Hall–Kier alpha value is -3.47. The SMILES string of the molecule is Cc1ccc(C(=O)N2CCc3ccccc3[C@H]2C(=O)NCc2ccc(F)cc2)cc1. The lowest BCUT2D eigenvalue weighted by molar-refractivity contribution is -0.126. The molecule has 0 saturated heterocycles. The molecule has 1 N–H and O–H groups in total. The maximum atomic E-state index is 13.3. The van der Waals surface area contributed by atoms with Gasteiger partial charge in [-0.2, -0.15) is 0 Å². The first-order valence-corrected chi connectivity index (χ1v) is 10.0. The molecule has 0 aliphatic carbocycles. The van der Waals surface area contributed by atoms with Crippen molar-refractivity contribution in [2.24, 2.45) is 0 Å². The Balaban J connectivity index is 1.60. The molecule has 0 bridgehead atoms. The summed E-state index contributed by atoms with van der Waals surface area (Å²) in [4.78, 5) is 28.1. The second kappa shape index (κ2) is 8.49. The highest BCUT2D eigenvalue weighted by Gasteiger charge is 2.36. The van der Waals surface area contributed by atoms with Gasteiger partial charge in [0.1, 0.15) is 11.9 Å². The average Bonchev–Trinajstić information content (AvgIpc) is 2.77. The fraction of sp³-hybridized carbons (Fsp3) is 0.200. The monoisotopic (exact) mass is 402 g/mol. The predicted octanol–water partition coefficient (Wildman–Crippen LogP) is 4.19. The molecule has 0 aromatic heterocycles. The lowest BCUT2D eigenvalue weighted by Gasteiger charge is -2.36. The molecule has 5 heteroatoms. The van der Waals surface area contributed by atoms with Crippen molar-refractivity contribution in [3.05, 3.63) is 106 Å². The van der Waals surface area contributed by atoms with Crippen LogP contribution in [0.5, 0.6) is 0 Å². The van der Waals surface area contributed by atoms with Crippen molar-refractivity contribution in [1.82, 2.24) is 10.2 Å². The minimum atomic E-state index is -0.704. The van der Waals surface area contributed by atoms with E-state index in [1.165, 1.54) is 12.1 Å². The zero-order valence-corrected chi connectivity index (χ0v) is 16.8. The van der Waals surface area contributed by atoms with E-state index >= 15 is 0 Å². The summed E-state index contributed by atoms with van der Waals surface area (Å²) in [5.41, 5.74) is 4.36. The number of fused-ring (bicyclic) bond motifs is 1. The molecule has 1 atom stereocenters. The smallest absolute Gasteiger partial charge is 0.254 e. The average molecular weight is 402 g/mol. The predicted molar refractivity (Wildman–Crippen MR) is 113 cm³/mol. The molecule has 4 rings (SSSR count). The standard InChI is InChI=1S/C25H23FN2O2/c1-17-6-10-20(11-7-17)25(30)28-15-14-19-4-2-3-5-22(19)23(28)24(29)27-16-18-8-12-21(26)13-9-18/h2-13,23H,14-16H2,1H3,(H,27,29)/t23-/m0/s1. The van der Waals surface area contributed by atoms with E-state index in [1.807, 2.05) is 43.3 Å². The normalized spacial score (nSPS) is 15.4. The van der Waals surface area contributed by atoms with Gasteiger partial charge >= 0.3 is 0 Å². The Morgan fingerprint density at radius 1 is 1.00 bits per heavy atom. The van der Waals surface area contributed by atoms with Gasteiger partial charge in [0, 0.05) is 18.7 Å². The Bertz CT molecular complexity index is 1060. The van der Waals surface area contributed by atoms with Gasteiger partial charge in [-0.3, -0.25) is 9.59 Å². The third kappa shape index (κ3) is 4.10. The van der Waals surface area contributed by atoms with Crippen LogP contribution in [0, 0.1) is 12.7 Å². The highest BCUT2D eigenvalue weighted by Crippen LogP contribution is 2.31. The number of amides is 2. The van der Waals surface area contributed by atoms with E-state index < -0.39 is 6.04 Å². The van der Waals surface area contributed by atoms with Crippen LogP contribution in [0.2, 0.25) is 0 Å². The lowest BCUT2D eigenvalue weighted by Crippen LogP contribution is -2.47. The number of hydrogen-bond acceptors (Lipinski definition) is 2. The topological polar surface area (TPSA) is 49.4 Å². The number of hydrogen-bond donors (Lipinski definition) is 1. The van der Waals surface area contributed by atoms with Crippen molar-refractivity contribution in [3.63, 3.8) is 0 Å². The van der Waals surface area contributed by atoms with Gasteiger partial charge < -0.3 is 10.2 Å². The van der Waals surface area contributed by atoms with E-state index in [0.717, 1.165) is 22.3 Å². The van der Waals surface area contributed by atoms with Crippen LogP contribution in [0.4, 0.5) is 4.39 Å². The highest BCUT2D eigenvalue weighted by atomic mass is 19.1. The van der Waals surface area contributed by atoms with E-state index in [1.54, 1.807) is 29.2 Å². The van der Waals surface area contributed by atoms with E-state index in [2.05, 4.69) is 5.32 Å². The first-order chi connectivity index (χ1) is 14.5. The minimum absolute atomic E-state index is 0.161. The number of halogens is 1. The molecule has 1 aliphatic rings. The van der Waals surface area contributed by atoms with Crippen molar-refractivity contribution >= 4 is 11.8 Å². The maximum absolute atomic E-state index is 13.3. The zero-order chi connectivity index (χ0) is 21.1. The lowest BCUT2D eigenvalue weighted by atomic mass is 9.91. The molecule has 4 nitrogen and oxygen atoms in total. The molecular formula is C25H23FN2O2. The fourth-order valence-electron chi connectivity index (χ4n) is 3.82. The van der Waals surface area contributed by atoms with Crippen molar-refractivity contribution in [1.29, 1.82) is 0 Å². The quantitative estimate of drug-likeness (QED) is 0.711. The van der Waals surface area contributed by atoms with Gasteiger partial charge in [-0.25, -0.2) is 4.39 Å². The van der Waals surface area contributed by atoms with Crippen molar-refractivity contribution in [2.45, 2.75) is 25.9 Å². The summed E-state index contributed by atoms with van der Waals surface area (Å²) >= 11 is 0. The van der Waals surface area contributed by atoms with Gasteiger partial charge in [0.2, 0.25) is 5.91 Å². The largest absolute Gasteiger partial charge is 0.350 e. The molecule has 0 saturated carbocycles. The molecule has 0 unspecified atom stereocenters. The second-order valence-electron chi connectivity index (χ2n) is 7.56. The van der Waals surface area contributed by atoms with Gasteiger partial charge in [0.15, 0.2) is 0 Å². The van der Waals surface area contributed by atoms with E-state index in [9.17, 15) is 14.0 Å². The number of rotatable bonds is 4. The molecule has 3 aromatic carbocycles. The van der Waals surface area contributed by atoms with Crippen LogP contribution < -0.4 is 5.32 Å². The number of carbonyl (C=O) groups excluding carboxylic acids is 2. The molecule has 152 valence electrons. The third-order valence-corrected chi connectivity index (χ3v) is 5.47. The van der Waals surface area contributed by atoms with E-state index in [4.69, 9.17) is 0 Å². The fourth-order valence-corrected chi connectivity index (χ4v) is 3.82. The van der Waals surface area contributed by atoms with Crippen LogP contribution >= 0.6 is 0 Å². The first kappa shape index (κ1) is 19.8. The van der Waals surface area contributed by atoms with Crippen molar-refractivity contribution in [3.8, 4) is 0 Å². The van der Waals surface area contributed by atoms with Crippen LogP contribution in [-0.2, 0) is 17.8 Å². The van der Waals surface area contributed by atoms with Crippen molar-refractivity contribution in [2.75, 3.05) is 6.54 Å². The van der Waals surface area contributed by atoms with Crippen LogP contribution in [-0.4, -0.2) is 23.3 Å². The van der Waals surface area contributed by atoms with E-state index in [0.29, 0.717) is 18.5 Å². The van der Waals surface area contributed by atoms with Crippen LogP contribution in [0.1, 0.15) is 38.7 Å². The summed E-state index contributed by atoms with van der Waals surface area (Å²) < 4.78 is 13.1. The Labute approximate surface area is 175 Å². The molecule has 30 heavy (non-hydrogen) atoms. The number of aryl methyl sites for hydroxylation is 1. The van der Waals surface area contributed by atoms with Gasteiger partial charge in [0.25, 0.3) is 5.91 Å². The zero-order valence-electron chi connectivity index (χ0n) is 16.8. The minimum Gasteiger partial charge on any atom is -0.350 e. The maximum Gasteiger partial charge on any atom is 0.254 e. The Morgan fingerprint density at radius 3 is 2.43 bits per heavy atom. The van der Waals surface area contributed by atoms with E-state index in [-0.39, 0.29) is 24.2 Å². The molecular weight excluding hydrogens is 379 g/mol. The van der Waals surface area contributed by atoms with Gasteiger partial charge in [-0.05, 0) is 54.3 Å². The second-order valence-corrected chi connectivity index (χ2v) is 7.56. The van der Waals surface area contributed by atoms with Crippen molar-refractivity contribution < 1.29 is 14.0 Å². The number of nitrogens with zero attached hydrogens (tertiary/aromatic N) is 1. The molecule has 3 aromatic rings. The van der Waals surface area contributed by atoms with Gasteiger partial charge in [-0.1, -0.05) is 54.1 Å². The van der Waals surface area contributed by atoms with Crippen LogP contribution in [0.15, 0.2) is 72.8 Å². The number of carbonyl (C=O) groups is 2. The highest BCUT2D eigenvalue weighted by molar-refractivity contribution is 5.98. The molecule has 2 amide bonds. The first-order valence-electron chi connectivity index (χ1n) is 10.0. The Morgan fingerprint density at radius 2 is 1.70 bits per heavy atom. The van der Waals surface area contributed by atoms with Crippen LogP contribution in [0.25, 0.3) is 0 Å². The summed E-state index contributed by atoms with van der Waals surface area (Å²) in [5.74, 6) is -0.723. The van der Waals surface area contributed by atoms with Crippen LogP contribution in [0.3, 0.4) is 0 Å². The molecule has 0 fully saturated rings. The summed E-state index contributed by atoms with van der Waals surface area (Å²) in [6.45, 7) is 2.71. The molecule has 1 aliphatic heterocycles. The summed E-state index contributed by atoms with van der Waals surface area (Å²) in [5, 5.41) is 2.92. The molecule has 1 heterocycles. The molecule has 0 radical (unpaired) electrons. The summed E-state index contributed by atoms with van der Waals surface area (Å²) in [6, 6.07) is 20.4. The Kier molecular flexibility index (Phi) is 5.61. The number of nitrogens with one attached hydrogen (secondary N) is 1. The summed E-state index contributed by atoms with van der Waals surface area (Å²) in [6.07, 6.45) is 0.704. The molecule has 0 spiro atoms. The van der Waals surface area contributed by atoms with Gasteiger partial charge in [-0.15, -0.1) is 0 Å².